The van der Waals surface area contributed by atoms with Gasteiger partial charge in [-0.1, -0.05) is 0 Å². The maximum absolute atomic E-state index is 8.84. The predicted octanol–water partition coefficient (Wildman–Crippen LogP) is 0.0810. The topological polar surface area (TPSA) is 72.1 Å². The number of aliphatic hydroxyl groups is 2. The van der Waals surface area contributed by atoms with Gasteiger partial charge in [-0.2, -0.15) is 0 Å². The first-order chi connectivity index (χ1) is 6.33. The normalized spacial score (nSPS) is 13.1. The van der Waals surface area contributed by atoms with Crippen LogP contribution in [-0.2, 0) is 16.4 Å². The van der Waals surface area contributed by atoms with E-state index in [1.165, 1.54) is 6.26 Å². The molecule has 1 atom stereocenters. The summed E-state index contributed by atoms with van der Waals surface area (Å²) in [6.07, 6.45) is 0.623. The molecule has 0 fully saturated rings. The minimum Gasteiger partial charge on any atom is -0.467 e. The van der Waals surface area contributed by atoms with E-state index in [4.69, 9.17) is 14.6 Å². The van der Waals surface area contributed by atoms with Gasteiger partial charge < -0.3 is 14.6 Å². The fourth-order valence-corrected chi connectivity index (χ4v) is 0.674. The van der Waals surface area contributed by atoms with E-state index in [0.29, 0.717) is 5.76 Å². The Hall–Kier alpha value is -0.880. The summed E-state index contributed by atoms with van der Waals surface area (Å²) in [4.78, 5) is 9.28. The van der Waals surface area contributed by atoms with Crippen molar-refractivity contribution in [3.63, 3.8) is 0 Å². The molecular weight excluding hydrogens is 176 g/mol. The van der Waals surface area contributed by atoms with Gasteiger partial charge in [0.2, 0.25) is 0 Å². The lowest BCUT2D eigenvalue weighted by Crippen LogP contribution is -2.19. The average Bonchev–Trinajstić information content (AvgIpc) is 2.64. The first kappa shape index (κ1) is 10.2. The summed E-state index contributed by atoms with van der Waals surface area (Å²) in [6, 6.07) is 3.48. The monoisotopic (exact) mass is 188 g/mol. The van der Waals surface area contributed by atoms with Gasteiger partial charge in [-0.25, -0.2) is 9.78 Å². The van der Waals surface area contributed by atoms with Gasteiger partial charge in [-0.05, 0) is 12.1 Å². The third-order valence-corrected chi connectivity index (χ3v) is 1.34. The molecule has 0 spiro atoms. The lowest BCUT2D eigenvalue weighted by atomic mass is 10.4. The Bertz CT molecular complexity index is 208. The van der Waals surface area contributed by atoms with Crippen molar-refractivity contribution in [2.45, 2.75) is 12.7 Å². The molecule has 0 aliphatic rings. The van der Waals surface area contributed by atoms with Gasteiger partial charge >= 0.3 is 0 Å². The molecule has 0 aromatic carbocycles. The second-order valence-corrected chi connectivity index (χ2v) is 2.46. The third-order valence-electron chi connectivity index (χ3n) is 1.34. The Morgan fingerprint density at radius 2 is 2.31 bits per heavy atom. The van der Waals surface area contributed by atoms with Crippen LogP contribution >= 0.6 is 0 Å². The summed E-state index contributed by atoms with van der Waals surface area (Å²) in [5, 5.41) is 17.3. The number of furan rings is 1. The van der Waals surface area contributed by atoms with Crippen LogP contribution in [0.3, 0.4) is 0 Å². The van der Waals surface area contributed by atoms with Crippen molar-refractivity contribution in [2.75, 3.05) is 13.2 Å². The highest BCUT2D eigenvalue weighted by Crippen LogP contribution is 2.01. The molecule has 74 valence electrons. The van der Waals surface area contributed by atoms with Gasteiger partial charge in [0.25, 0.3) is 0 Å². The Morgan fingerprint density at radius 3 is 2.92 bits per heavy atom. The maximum Gasteiger partial charge on any atom is 0.140 e. The lowest BCUT2D eigenvalue weighted by molar-refractivity contribution is -0.317. The molecule has 0 aliphatic heterocycles. The second-order valence-electron chi connectivity index (χ2n) is 2.46. The van der Waals surface area contributed by atoms with E-state index in [1.807, 2.05) is 0 Å². The number of rotatable bonds is 6. The van der Waals surface area contributed by atoms with Crippen LogP contribution in [0, 0.1) is 0 Å². The van der Waals surface area contributed by atoms with E-state index in [0.717, 1.165) is 0 Å². The molecule has 13 heavy (non-hydrogen) atoms. The molecule has 0 saturated heterocycles. The molecule has 0 saturated carbocycles. The quantitative estimate of drug-likeness (QED) is 0.376. The minimum atomic E-state index is -0.906. The number of aliphatic hydroxyl groups excluding tert-OH is 2. The highest BCUT2D eigenvalue weighted by molar-refractivity contribution is 4.95. The Labute approximate surface area is 75.4 Å². The van der Waals surface area contributed by atoms with Gasteiger partial charge in [0.1, 0.15) is 25.1 Å². The largest absolute Gasteiger partial charge is 0.467 e. The molecule has 1 rings (SSSR count). The van der Waals surface area contributed by atoms with Crippen LogP contribution in [0.1, 0.15) is 5.76 Å². The Balaban J connectivity index is 2.02. The van der Waals surface area contributed by atoms with Crippen molar-refractivity contribution < 1.29 is 24.4 Å². The van der Waals surface area contributed by atoms with Gasteiger partial charge in [-0.15, -0.1) is 0 Å². The smallest absolute Gasteiger partial charge is 0.140 e. The maximum atomic E-state index is 8.84. The summed E-state index contributed by atoms with van der Waals surface area (Å²) in [7, 11) is 0. The molecule has 0 bridgehead atoms. The van der Waals surface area contributed by atoms with Crippen LogP contribution < -0.4 is 0 Å². The van der Waals surface area contributed by atoms with Crippen LogP contribution in [0.25, 0.3) is 0 Å². The lowest BCUT2D eigenvalue weighted by Gasteiger charge is -2.06. The van der Waals surface area contributed by atoms with Crippen LogP contribution in [0.5, 0.6) is 0 Å². The SMILES string of the molecule is OCC(O)COOCc1ccco1. The van der Waals surface area contributed by atoms with E-state index in [2.05, 4.69) is 9.78 Å². The third kappa shape index (κ3) is 4.05. The zero-order valence-corrected chi connectivity index (χ0v) is 7.05. The molecule has 1 unspecified atom stereocenters. The van der Waals surface area contributed by atoms with Crippen molar-refractivity contribution in [1.29, 1.82) is 0 Å². The van der Waals surface area contributed by atoms with Gasteiger partial charge in [0, 0.05) is 0 Å². The van der Waals surface area contributed by atoms with E-state index < -0.39 is 6.10 Å². The van der Waals surface area contributed by atoms with Gasteiger partial charge in [0.05, 0.1) is 12.9 Å². The second kappa shape index (κ2) is 5.71. The van der Waals surface area contributed by atoms with Crippen LogP contribution in [0.15, 0.2) is 22.8 Å². The highest BCUT2D eigenvalue weighted by atomic mass is 17.2. The molecule has 0 amide bonds. The highest BCUT2D eigenvalue weighted by Gasteiger charge is 2.02. The van der Waals surface area contributed by atoms with Crippen molar-refractivity contribution in [3.05, 3.63) is 24.2 Å². The molecule has 0 aliphatic carbocycles. The summed E-state index contributed by atoms with van der Waals surface area (Å²) < 4.78 is 4.95. The molecule has 1 heterocycles. The predicted molar refractivity (Wildman–Crippen MR) is 42.5 cm³/mol. The summed E-state index contributed by atoms with van der Waals surface area (Å²) >= 11 is 0. The van der Waals surface area contributed by atoms with E-state index >= 15 is 0 Å². The number of hydrogen-bond donors (Lipinski definition) is 2. The first-order valence-electron chi connectivity index (χ1n) is 3.88. The van der Waals surface area contributed by atoms with Crippen LogP contribution in [-0.4, -0.2) is 29.5 Å². The molecule has 1 aromatic heterocycles. The number of hydrogen-bond acceptors (Lipinski definition) is 5. The van der Waals surface area contributed by atoms with Crippen LogP contribution in [0.2, 0.25) is 0 Å². The van der Waals surface area contributed by atoms with Gasteiger partial charge in [-0.3, -0.25) is 0 Å². The Kier molecular flexibility index (Phi) is 4.48. The van der Waals surface area contributed by atoms with E-state index in [1.54, 1.807) is 12.1 Å². The minimum absolute atomic E-state index is 0.0583. The molecule has 2 N–H and O–H groups in total. The molecule has 0 radical (unpaired) electrons. The van der Waals surface area contributed by atoms with Gasteiger partial charge in [0.15, 0.2) is 0 Å². The average molecular weight is 188 g/mol. The van der Waals surface area contributed by atoms with Crippen molar-refractivity contribution in [1.82, 2.24) is 0 Å². The zero-order chi connectivity index (χ0) is 9.52. The summed E-state index contributed by atoms with van der Waals surface area (Å²) in [6.45, 7) is -0.216. The van der Waals surface area contributed by atoms with E-state index in [-0.39, 0.29) is 19.8 Å². The molecular formula is C8H12O5. The molecule has 5 heteroatoms. The fraction of sp³-hybridized carbons (Fsp3) is 0.500. The summed E-state index contributed by atoms with van der Waals surface area (Å²) in [5.74, 6) is 0.637. The first-order valence-corrected chi connectivity index (χ1v) is 3.88. The fourth-order valence-electron chi connectivity index (χ4n) is 0.674. The van der Waals surface area contributed by atoms with Crippen LogP contribution in [0.4, 0.5) is 0 Å². The Morgan fingerprint density at radius 1 is 1.46 bits per heavy atom. The van der Waals surface area contributed by atoms with E-state index in [9.17, 15) is 0 Å². The summed E-state index contributed by atoms with van der Waals surface area (Å²) in [5.41, 5.74) is 0. The molecule has 5 nitrogen and oxygen atoms in total. The zero-order valence-electron chi connectivity index (χ0n) is 7.05. The molecule has 1 aromatic rings. The van der Waals surface area contributed by atoms with Crippen molar-refractivity contribution in [3.8, 4) is 0 Å². The standard InChI is InChI=1S/C8H12O5/c9-4-7(10)5-12-13-6-8-2-1-3-11-8/h1-3,7,9-10H,4-6H2. The van der Waals surface area contributed by atoms with Crippen molar-refractivity contribution in [2.24, 2.45) is 0 Å². The van der Waals surface area contributed by atoms with Crippen molar-refractivity contribution >= 4 is 0 Å².